The van der Waals surface area contributed by atoms with Crippen LogP contribution >= 0.6 is 0 Å². The third-order valence-electron chi connectivity index (χ3n) is 2.48. The Hall–Kier alpha value is -1.31. The van der Waals surface area contributed by atoms with E-state index in [9.17, 15) is 14.4 Å². The van der Waals surface area contributed by atoms with Gasteiger partial charge in [0.2, 0.25) is 5.91 Å². The van der Waals surface area contributed by atoms with Crippen LogP contribution in [0.25, 0.3) is 0 Å². The van der Waals surface area contributed by atoms with Crippen LogP contribution in [-0.2, 0) is 23.9 Å². The summed E-state index contributed by atoms with van der Waals surface area (Å²) in [5, 5.41) is 2.55. The minimum atomic E-state index is -0.636. The van der Waals surface area contributed by atoms with Crippen molar-refractivity contribution in [2.75, 3.05) is 33.0 Å². The number of carbonyl (C=O) groups is 3. The molecule has 0 aliphatic carbocycles. The van der Waals surface area contributed by atoms with Crippen LogP contribution in [0.1, 0.15) is 26.7 Å². The first-order valence-corrected chi connectivity index (χ1v) is 6.62. The minimum absolute atomic E-state index is 0.0150. The van der Waals surface area contributed by atoms with Crippen molar-refractivity contribution in [2.45, 2.75) is 32.7 Å². The lowest BCUT2D eigenvalue weighted by Crippen LogP contribution is -2.41. The Balaban J connectivity index is 3.84. The second-order valence-electron chi connectivity index (χ2n) is 4.43. The van der Waals surface area contributed by atoms with Gasteiger partial charge >= 0.3 is 0 Å². The predicted molar refractivity (Wildman–Crippen MR) is 73.2 cm³/mol. The van der Waals surface area contributed by atoms with Gasteiger partial charge in [-0.1, -0.05) is 0 Å². The van der Waals surface area contributed by atoms with Gasteiger partial charge in [-0.05, 0) is 20.3 Å². The van der Waals surface area contributed by atoms with Gasteiger partial charge in [0.1, 0.15) is 12.4 Å². The van der Waals surface area contributed by atoms with Crippen LogP contribution in [0.15, 0.2) is 0 Å². The zero-order valence-corrected chi connectivity index (χ0v) is 12.1. The van der Waals surface area contributed by atoms with Crippen molar-refractivity contribution >= 4 is 17.5 Å². The van der Waals surface area contributed by atoms with Crippen LogP contribution in [0, 0.1) is 0 Å². The predicted octanol–water partition coefficient (Wildman–Crippen LogP) is -0.579. The first-order chi connectivity index (χ1) is 9.47. The number of Topliss-reactive ketones (excluding diaryl/α,β-unsaturated/α-hetero) is 2. The van der Waals surface area contributed by atoms with E-state index in [0.29, 0.717) is 26.2 Å². The molecular formula is C13H24N2O5. The molecule has 7 nitrogen and oxygen atoms in total. The van der Waals surface area contributed by atoms with Crippen molar-refractivity contribution in [3.63, 3.8) is 0 Å². The van der Waals surface area contributed by atoms with Crippen molar-refractivity contribution < 1.29 is 23.9 Å². The van der Waals surface area contributed by atoms with Crippen LogP contribution < -0.4 is 11.1 Å². The van der Waals surface area contributed by atoms with Crippen LogP contribution in [0.3, 0.4) is 0 Å². The number of nitrogens with two attached hydrogens (primary N) is 1. The van der Waals surface area contributed by atoms with Crippen LogP contribution in [-0.4, -0.2) is 56.5 Å². The molecule has 0 aliphatic rings. The number of rotatable bonds is 12. The largest absolute Gasteiger partial charge is 0.378 e. The molecule has 20 heavy (non-hydrogen) atoms. The molecule has 0 heterocycles. The van der Waals surface area contributed by atoms with E-state index in [0.717, 1.165) is 0 Å². The highest BCUT2D eigenvalue weighted by Gasteiger charge is 2.17. The molecular weight excluding hydrogens is 264 g/mol. The van der Waals surface area contributed by atoms with Gasteiger partial charge in [0.25, 0.3) is 0 Å². The topological polar surface area (TPSA) is 108 Å². The van der Waals surface area contributed by atoms with E-state index in [4.69, 9.17) is 15.2 Å². The second-order valence-corrected chi connectivity index (χ2v) is 4.43. The summed E-state index contributed by atoms with van der Waals surface area (Å²) in [6.45, 7) is 4.23. The third-order valence-corrected chi connectivity index (χ3v) is 2.48. The van der Waals surface area contributed by atoms with Gasteiger partial charge in [0.05, 0.1) is 25.9 Å². The summed E-state index contributed by atoms with van der Waals surface area (Å²) in [6, 6.07) is -0.636. The SMILES string of the molecule is CC(=O)CCC(NC(=O)COCCOCCN)C(C)=O. The Morgan fingerprint density at radius 1 is 1.10 bits per heavy atom. The molecule has 0 aromatic rings. The molecule has 0 bridgehead atoms. The zero-order valence-electron chi connectivity index (χ0n) is 12.1. The zero-order chi connectivity index (χ0) is 15.4. The van der Waals surface area contributed by atoms with E-state index in [1.54, 1.807) is 0 Å². The fourth-order valence-corrected chi connectivity index (χ4v) is 1.43. The van der Waals surface area contributed by atoms with E-state index in [1.807, 2.05) is 0 Å². The normalized spacial score (nSPS) is 11.9. The molecule has 0 aromatic heterocycles. The molecule has 1 unspecified atom stereocenters. The van der Waals surface area contributed by atoms with E-state index >= 15 is 0 Å². The monoisotopic (exact) mass is 288 g/mol. The molecule has 1 amide bonds. The van der Waals surface area contributed by atoms with E-state index < -0.39 is 6.04 Å². The van der Waals surface area contributed by atoms with Crippen molar-refractivity contribution in [3.05, 3.63) is 0 Å². The molecule has 116 valence electrons. The van der Waals surface area contributed by atoms with Crippen molar-refractivity contribution in [3.8, 4) is 0 Å². The van der Waals surface area contributed by atoms with Gasteiger partial charge < -0.3 is 25.3 Å². The maximum Gasteiger partial charge on any atom is 0.246 e. The third kappa shape index (κ3) is 10.6. The fraction of sp³-hybridized carbons (Fsp3) is 0.769. The fourth-order valence-electron chi connectivity index (χ4n) is 1.43. The molecule has 0 fully saturated rings. The van der Waals surface area contributed by atoms with Crippen molar-refractivity contribution in [1.82, 2.24) is 5.32 Å². The van der Waals surface area contributed by atoms with E-state index in [1.165, 1.54) is 13.8 Å². The number of nitrogens with one attached hydrogen (secondary N) is 1. The lowest BCUT2D eigenvalue weighted by atomic mass is 10.1. The number of amides is 1. The quantitative estimate of drug-likeness (QED) is 0.465. The molecule has 3 N–H and O–H groups in total. The first-order valence-electron chi connectivity index (χ1n) is 6.62. The van der Waals surface area contributed by atoms with Crippen LogP contribution in [0.5, 0.6) is 0 Å². The van der Waals surface area contributed by atoms with E-state index in [-0.39, 0.29) is 37.1 Å². The summed E-state index contributed by atoms with van der Waals surface area (Å²) in [5.41, 5.74) is 5.24. The van der Waals surface area contributed by atoms with Gasteiger partial charge in [-0.25, -0.2) is 0 Å². The van der Waals surface area contributed by atoms with Gasteiger partial charge in [-0.3, -0.25) is 9.59 Å². The summed E-state index contributed by atoms with van der Waals surface area (Å²) in [7, 11) is 0. The minimum Gasteiger partial charge on any atom is -0.378 e. The maximum absolute atomic E-state index is 11.6. The summed E-state index contributed by atoms with van der Waals surface area (Å²) < 4.78 is 10.2. The molecule has 0 rings (SSSR count). The highest BCUT2D eigenvalue weighted by atomic mass is 16.5. The highest BCUT2D eigenvalue weighted by molar-refractivity contribution is 5.88. The summed E-state index contributed by atoms with van der Waals surface area (Å²) in [6.07, 6.45) is 0.578. The molecule has 1 atom stereocenters. The molecule has 0 aliphatic heterocycles. The number of ketones is 2. The Morgan fingerprint density at radius 2 is 1.75 bits per heavy atom. The van der Waals surface area contributed by atoms with Gasteiger partial charge in [-0.15, -0.1) is 0 Å². The second kappa shape index (κ2) is 11.5. The summed E-state index contributed by atoms with van der Waals surface area (Å²) in [5.74, 6) is -0.572. The number of hydrogen-bond acceptors (Lipinski definition) is 6. The summed E-state index contributed by atoms with van der Waals surface area (Å²) >= 11 is 0. The Kier molecular flexibility index (Phi) is 10.8. The number of ether oxygens (including phenoxy) is 2. The average molecular weight is 288 g/mol. The molecule has 0 radical (unpaired) electrons. The highest BCUT2D eigenvalue weighted by Crippen LogP contribution is 2.00. The van der Waals surface area contributed by atoms with Crippen molar-refractivity contribution in [1.29, 1.82) is 0 Å². The summed E-state index contributed by atoms with van der Waals surface area (Å²) in [4.78, 5) is 33.8. The van der Waals surface area contributed by atoms with Gasteiger partial charge in [0, 0.05) is 13.0 Å². The Morgan fingerprint density at radius 3 is 2.30 bits per heavy atom. The lowest BCUT2D eigenvalue weighted by molar-refractivity contribution is -0.130. The van der Waals surface area contributed by atoms with E-state index in [2.05, 4.69) is 5.32 Å². The molecule has 0 spiro atoms. The lowest BCUT2D eigenvalue weighted by Gasteiger charge is -2.15. The first kappa shape index (κ1) is 18.7. The van der Waals surface area contributed by atoms with Gasteiger partial charge in [0.15, 0.2) is 5.78 Å². The van der Waals surface area contributed by atoms with Crippen molar-refractivity contribution in [2.24, 2.45) is 5.73 Å². The molecule has 0 saturated carbocycles. The maximum atomic E-state index is 11.6. The molecule has 0 saturated heterocycles. The Bertz CT molecular complexity index is 320. The Labute approximate surface area is 119 Å². The number of carbonyl (C=O) groups excluding carboxylic acids is 3. The smallest absolute Gasteiger partial charge is 0.246 e. The molecule has 7 heteroatoms. The van der Waals surface area contributed by atoms with Crippen LogP contribution in [0.2, 0.25) is 0 Å². The standard InChI is InChI=1S/C13H24N2O5/c1-10(16)3-4-12(11(2)17)15-13(18)9-20-8-7-19-6-5-14/h12H,3-9,14H2,1-2H3,(H,15,18). The number of hydrogen-bond donors (Lipinski definition) is 2. The average Bonchev–Trinajstić information content (AvgIpc) is 2.38. The molecule has 0 aromatic carbocycles. The van der Waals surface area contributed by atoms with Gasteiger partial charge in [-0.2, -0.15) is 0 Å². The van der Waals surface area contributed by atoms with Crippen LogP contribution in [0.4, 0.5) is 0 Å².